The number of benzene rings is 1. The van der Waals surface area contributed by atoms with Crippen molar-refractivity contribution in [2.75, 3.05) is 13.1 Å². The number of amides is 2. The van der Waals surface area contributed by atoms with E-state index in [0.717, 1.165) is 4.31 Å². The zero-order valence-electron chi connectivity index (χ0n) is 14.5. The Kier molecular flexibility index (Phi) is 4.51. The van der Waals surface area contributed by atoms with Gasteiger partial charge < -0.3 is 10.0 Å². The Morgan fingerprint density at radius 3 is 2.58 bits per heavy atom. The lowest BCUT2D eigenvalue weighted by Crippen LogP contribution is -2.42. The molecule has 0 radical (unpaired) electrons. The van der Waals surface area contributed by atoms with Crippen LogP contribution in [-0.4, -0.2) is 59.6 Å². The van der Waals surface area contributed by atoms with Gasteiger partial charge in [-0.15, -0.1) is 0 Å². The number of piperidine rings is 1. The fourth-order valence-corrected chi connectivity index (χ4v) is 5.23. The van der Waals surface area contributed by atoms with Crippen molar-refractivity contribution < 1.29 is 27.9 Å². The molecule has 1 aromatic carbocycles. The molecule has 0 aromatic heterocycles. The van der Waals surface area contributed by atoms with Crippen LogP contribution in [0.2, 0.25) is 0 Å². The van der Waals surface area contributed by atoms with Crippen LogP contribution in [0.25, 0.3) is 0 Å². The normalized spacial score (nSPS) is 21.8. The van der Waals surface area contributed by atoms with Crippen LogP contribution >= 0.6 is 0 Å². The van der Waals surface area contributed by atoms with Crippen LogP contribution in [-0.2, 0) is 14.8 Å². The van der Waals surface area contributed by atoms with Gasteiger partial charge in [-0.25, -0.2) is 12.7 Å². The molecular weight excluding hydrogens is 360 g/mol. The van der Waals surface area contributed by atoms with Gasteiger partial charge in [0, 0.05) is 24.7 Å². The van der Waals surface area contributed by atoms with E-state index in [1.165, 1.54) is 23.1 Å². The van der Waals surface area contributed by atoms with E-state index in [1.807, 2.05) is 0 Å². The van der Waals surface area contributed by atoms with E-state index in [2.05, 4.69) is 0 Å². The fraction of sp³-hybridized carbons (Fsp3) is 0.471. The summed E-state index contributed by atoms with van der Waals surface area (Å²) < 4.78 is 26.1. The molecule has 0 bridgehead atoms. The highest BCUT2D eigenvalue weighted by Crippen LogP contribution is 2.33. The Morgan fingerprint density at radius 2 is 1.96 bits per heavy atom. The number of hydrogen-bond donors (Lipinski definition) is 1. The first kappa shape index (κ1) is 18.4. The maximum Gasteiger partial charge on any atom is 0.308 e. The number of carbonyl (C=O) groups is 3. The molecule has 1 aromatic rings. The largest absolute Gasteiger partial charge is 0.481 e. The second kappa shape index (κ2) is 6.39. The van der Waals surface area contributed by atoms with Gasteiger partial charge in [0.25, 0.3) is 21.8 Å². The third kappa shape index (κ3) is 2.86. The Morgan fingerprint density at radius 1 is 1.27 bits per heavy atom. The molecule has 3 rings (SSSR count). The van der Waals surface area contributed by atoms with Crippen LogP contribution in [0.3, 0.4) is 0 Å². The minimum absolute atomic E-state index is 0.0531. The molecule has 26 heavy (non-hydrogen) atoms. The van der Waals surface area contributed by atoms with E-state index in [-0.39, 0.29) is 22.6 Å². The molecule has 1 fully saturated rings. The summed E-state index contributed by atoms with van der Waals surface area (Å²) in [4.78, 5) is 37.5. The predicted molar refractivity (Wildman–Crippen MR) is 91.2 cm³/mol. The second-order valence-electron chi connectivity index (χ2n) is 6.84. The quantitative estimate of drug-likeness (QED) is 0.843. The third-order valence-corrected chi connectivity index (χ3v) is 6.72. The summed E-state index contributed by atoms with van der Waals surface area (Å²) in [5.74, 6) is -2.59. The molecule has 2 heterocycles. The van der Waals surface area contributed by atoms with E-state index in [0.29, 0.717) is 19.4 Å². The summed E-state index contributed by atoms with van der Waals surface area (Å²) in [6.45, 7) is 3.72. The van der Waals surface area contributed by atoms with E-state index in [9.17, 15) is 22.8 Å². The maximum atomic E-state index is 12.7. The van der Waals surface area contributed by atoms with Crippen molar-refractivity contribution in [3.05, 3.63) is 29.3 Å². The summed E-state index contributed by atoms with van der Waals surface area (Å²) in [6.07, 6.45) is 1.08. The highest BCUT2D eigenvalue weighted by Gasteiger charge is 2.43. The van der Waals surface area contributed by atoms with Gasteiger partial charge in [-0.05, 0) is 44.9 Å². The zero-order valence-corrected chi connectivity index (χ0v) is 15.3. The molecule has 0 saturated carbocycles. The minimum Gasteiger partial charge on any atom is -0.481 e. The van der Waals surface area contributed by atoms with Crippen LogP contribution in [0, 0.1) is 5.92 Å². The van der Waals surface area contributed by atoms with Crippen molar-refractivity contribution >= 4 is 27.8 Å². The molecule has 140 valence electrons. The van der Waals surface area contributed by atoms with Gasteiger partial charge in [-0.2, -0.15) is 0 Å². The zero-order chi connectivity index (χ0) is 19.2. The number of fused-ring (bicyclic) bond motifs is 1. The van der Waals surface area contributed by atoms with E-state index < -0.39 is 39.8 Å². The number of sulfonamides is 1. The Hall–Kier alpha value is -2.42. The monoisotopic (exact) mass is 380 g/mol. The van der Waals surface area contributed by atoms with Gasteiger partial charge in [0.1, 0.15) is 4.90 Å². The molecule has 1 atom stereocenters. The van der Waals surface area contributed by atoms with Crippen molar-refractivity contribution in [1.29, 1.82) is 0 Å². The Bertz CT molecular complexity index is 893. The van der Waals surface area contributed by atoms with E-state index in [1.54, 1.807) is 13.8 Å². The van der Waals surface area contributed by atoms with Crippen LogP contribution < -0.4 is 0 Å². The van der Waals surface area contributed by atoms with Gasteiger partial charge in [-0.3, -0.25) is 14.4 Å². The molecule has 2 aliphatic rings. The molecule has 0 spiro atoms. The molecule has 8 nitrogen and oxygen atoms in total. The molecule has 9 heteroatoms. The first-order valence-electron chi connectivity index (χ1n) is 8.39. The van der Waals surface area contributed by atoms with Gasteiger partial charge in [0.2, 0.25) is 0 Å². The summed E-state index contributed by atoms with van der Waals surface area (Å²) >= 11 is 0. The number of nitrogens with zero attached hydrogens (tertiary/aromatic N) is 2. The lowest BCUT2D eigenvalue weighted by atomic mass is 9.97. The summed E-state index contributed by atoms with van der Waals surface area (Å²) in [6, 6.07) is 3.46. The first-order chi connectivity index (χ1) is 12.1. The average Bonchev–Trinajstić information content (AvgIpc) is 2.80. The number of carboxylic acids is 1. The van der Waals surface area contributed by atoms with Gasteiger partial charge >= 0.3 is 5.97 Å². The van der Waals surface area contributed by atoms with E-state index in [4.69, 9.17) is 5.11 Å². The van der Waals surface area contributed by atoms with E-state index >= 15 is 0 Å². The predicted octanol–water partition coefficient (Wildman–Crippen LogP) is 1.18. The minimum atomic E-state index is -3.99. The van der Waals surface area contributed by atoms with Crippen LogP contribution in [0.15, 0.2) is 23.1 Å². The smallest absolute Gasteiger partial charge is 0.308 e. The Labute approximate surface area is 151 Å². The van der Waals surface area contributed by atoms with Crippen LogP contribution in [0.5, 0.6) is 0 Å². The van der Waals surface area contributed by atoms with Crippen LogP contribution in [0.4, 0.5) is 0 Å². The highest BCUT2D eigenvalue weighted by molar-refractivity contribution is 7.90. The van der Waals surface area contributed by atoms with Crippen molar-refractivity contribution in [2.45, 2.75) is 37.6 Å². The lowest BCUT2D eigenvalue weighted by Gasteiger charge is -2.30. The molecule has 0 aliphatic carbocycles. The third-order valence-electron chi connectivity index (χ3n) is 4.72. The molecule has 2 amide bonds. The lowest BCUT2D eigenvalue weighted by molar-refractivity contribution is -0.143. The summed E-state index contributed by atoms with van der Waals surface area (Å²) in [5.41, 5.74) is 0.189. The molecule has 1 N–H and O–H groups in total. The molecule has 1 saturated heterocycles. The topological polar surface area (TPSA) is 112 Å². The highest BCUT2D eigenvalue weighted by atomic mass is 32.2. The van der Waals surface area contributed by atoms with Gasteiger partial charge in [0.15, 0.2) is 0 Å². The average molecular weight is 380 g/mol. The van der Waals surface area contributed by atoms with Gasteiger partial charge in [-0.1, -0.05) is 0 Å². The SMILES string of the molecule is CC(C)N1C(=O)c2ccc(C(=O)N3CCCC(C(=O)O)C3)cc2S1(=O)=O. The van der Waals surface area contributed by atoms with Gasteiger partial charge in [0.05, 0.1) is 11.5 Å². The number of aliphatic carboxylic acids is 1. The van der Waals surface area contributed by atoms with Crippen molar-refractivity contribution in [3.8, 4) is 0 Å². The fourth-order valence-electron chi connectivity index (χ4n) is 3.44. The van der Waals surface area contributed by atoms with Crippen molar-refractivity contribution in [2.24, 2.45) is 5.92 Å². The summed E-state index contributed by atoms with van der Waals surface area (Å²) in [5, 5.41) is 9.15. The van der Waals surface area contributed by atoms with Crippen molar-refractivity contribution in [3.63, 3.8) is 0 Å². The number of hydrogen-bond acceptors (Lipinski definition) is 5. The maximum absolute atomic E-state index is 12.7. The number of likely N-dealkylation sites (tertiary alicyclic amines) is 1. The molecule has 2 aliphatic heterocycles. The number of rotatable bonds is 3. The standard InChI is InChI=1S/C17H20N2O6S/c1-10(2)19-16(21)13-6-5-11(8-14(13)26(19,24)25)15(20)18-7-3-4-12(9-18)17(22)23/h5-6,8,10,12H,3-4,7,9H2,1-2H3,(H,22,23). The molecular formula is C17H20N2O6S. The van der Waals surface area contributed by atoms with Crippen molar-refractivity contribution in [1.82, 2.24) is 9.21 Å². The molecule has 1 unspecified atom stereocenters. The second-order valence-corrected chi connectivity index (χ2v) is 8.62. The Balaban J connectivity index is 1.93. The number of carbonyl (C=O) groups excluding carboxylic acids is 2. The summed E-state index contributed by atoms with van der Waals surface area (Å²) in [7, 11) is -3.99. The first-order valence-corrected chi connectivity index (χ1v) is 9.83. The number of carboxylic acid groups (broad SMARTS) is 1. The van der Waals surface area contributed by atoms with Crippen LogP contribution in [0.1, 0.15) is 47.4 Å².